The van der Waals surface area contributed by atoms with Crippen LogP contribution < -0.4 is 10.1 Å². The maximum absolute atomic E-state index is 7.78. The molecule has 0 spiro atoms. The molecular formula is C12H9NO. The molecule has 0 amide bonds. The molecule has 0 unspecified atom stereocenters. The minimum Gasteiger partial charge on any atom is -0.453 e. The zero-order chi connectivity index (χ0) is 12.9. The Labute approximate surface area is 87.8 Å². The van der Waals surface area contributed by atoms with Crippen molar-refractivity contribution in [2.45, 2.75) is 0 Å². The number of rotatable bonds is 0. The number of hydrogen-bond acceptors (Lipinski definition) is 2. The van der Waals surface area contributed by atoms with Gasteiger partial charge in [0.1, 0.15) is 0 Å². The molecule has 0 bridgehead atoms. The molecule has 1 aliphatic heterocycles. The lowest BCUT2D eigenvalue weighted by Crippen LogP contribution is -2.01. The zero-order valence-electron chi connectivity index (χ0n) is 11.2. The van der Waals surface area contributed by atoms with E-state index >= 15 is 0 Å². The second-order valence-corrected chi connectivity index (χ2v) is 2.90. The summed E-state index contributed by atoms with van der Waals surface area (Å²) in [5, 5.41) is 2.96. The van der Waals surface area contributed by atoms with Gasteiger partial charge in [0.15, 0.2) is 11.5 Å². The molecule has 3 rings (SSSR count). The fourth-order valence-corrected chi connectivity index (χ4v) is 1.35. The van der Waals surface area contributed by atoms with Gasteiger partial charge in [-0.1, -0.05) is 24.2 Å². The van der Waals surface area contributed by atoms with E-state index in [1.807, 2.05) is 0 Å². The average Bonchev–Trinajstić information content (AvgIpc) is 2.26. The SMILES string of the molecule is [2H]c1cc([2H])c2c(c1)Oc1cc([2H])cc([2H])c1N2. The minimum absolute atomic E-state index is 0.150. The molecule has 2 aromatic rings. The zero-order valence-corrected chi connectivity index (χ0v) is 7.22. The van der Waals surface area contributed by atoms with Gasteiger partial charge in [-0.05, 0) is 24.2 Å². The highest BCUT2D eigenvalue weighted by molar-refractivity contribution is 5.75. The monoisotopic (exact) mass is 187 g/mol. The van der Waals surface area contributed by atoms with Crippen LogP contribution in [0, 0.1) is 0 Å². The van der Waals surface area contributed by atoms with Gasteiger partial charge in [0, 0.05) is 0 Å². The molecular weight excluding hydrogens is 174 g/mol. The van der Waals surface area contributed by atoms with Crippen molar-refractivity contribution in [2.24, 2.45) is 0 Å². The van der Waals surface area contributed by atoms with Crippen LogP contribution in [0.5, 0.6) is 11.5 Å². The molecule has 2 aromatic carbocycles. The average molecular weight is 187 g/mol. The molecule has 68 valence electrons. The van der Waals surface area contributed by atoms with E-state index in [1.54, 1.807) is 0 Å². The van der Waals surface area contributed by atoms with Crippen molar-refractivity contribution in [3.63, 3.8) is 0 Å². The topological polar surface area (TPSA) is 21.3 Å². The van der Waals surface area contributed by atoms with E-state index in [4.69, 9.17) is 10.2 Å². The van der Waals surface area contributed by atoms with Crippen molar-refractivity contribution >= 4 is 11.4 Å². The van der Waals surface area contributed by atoms with Crippen molar-refractivity contribution in [3.8, 4) is 11.5 Å². The first-order valence-corrected chi connectivity index (χ1v) is 4.22. The van der Waals surface area contributed by atoms with Gasteiger partial charge in [-0.15, -0.1) is 0 Å². The number of anilines is 2. The van der Waals surface area contributed by atoms with Crippen LogP contribution in [0.2, 0.25) is 0 Å². The van der Waals surface area contributed by atoms with Crippen LogP contribution in [0.3, 0.4) is 0 Å². The predicted molar refractivity (Wildman–Crippen MR) is 56.2 cm³/mol. The summed E-state index contributed by atoms with van der Waals surface area (Å²) >= 11 is 0. The third-order valence-electron chi connectivity index (χ3n) is 1.99. The molecule has 0 fully saturated rings. The first-order valence-electron chi connectivity index (χ1n) is 6.22. The van der Waals surface area contributed by atoms with Crippen molar-refractivity contribution in [1.29, 1.82) is 0 Å². The van der Waals surface area contributed by atoms with Gasteiger partial charge in [0.25, 0.3) is 0 Å². The standard InChI is InChI=1S/C12H9NO/c1-3-7-11-9(5-1)13-10-6-2-4-8-12(10)14-11/h1-8,13H/i3D,4D,5D,6D. The van der Waals surface area contributed by atoms with Gasteiger partial charge in [-0.25, -0.2) is 0 Å². The third-order valence-corrected chi connectivity index (χ3v) is 1.99. The molecule has 0 radical (unpaired) electrons. The van der Waals surface area contributed by atoms with Gasteiger partial charge in [-0.3, -0.25) is 0 Å². The van der Waals surface area contributed by atoms with Crippen LogP contribution in [0.15, 0.2) is 48.4 Å². The second kappa shape index (κ2) is 2.77. The summed E-state index contributed by atoms with van der Waals surface area (Å²) in [4.78, 5) is 0. The van der Waals surface area contributed by atoms with Crippen LogP contribution >= 0.6 is 0 Å². The van der Waals surface area contributed by atoms with Gasteiger partial charge in [0.2, 0.25) is 0 Å². The molecule has 0 saturated heterocycles. The van der Waals surface area contributed by atoms with E-state index in [0.717, 1.165) is 0 Å². The lowest BCUT2D eigenvalue weighted by Gasteiger charge is -2.20. The first kappa shape index (κ1) is 4.51. The Hall–Kier alpha value is -1.96. The maximum atomic E-state index is 7.78. The summed E-state index contributed by atoms with van der Waals surface area (Å²) in [6, 6.07) is 6.50. The fraction of sp³-hybridized carbons (Fsp3) is 0. The second-order valence-electron chi connectivity index (χ2n) is 2.90. The van der Waals surface area contributed by atoms with Crippen LogP contribution in [0.1, 0.15) is 5.48 Å². The highest BCUT2D eigenvalue weighted by Gasteiger charge is 2.13. The summed E-state index contributed by atoms with van der Waals surface area (Å²) in [6.45, 7) is 0. The minimum atomic E-state index is 0.150. The van der Waals surface area contributed by atoms with Crippen LogP contribution in [-0.4, -0.2) is 0 Å². The van der Waals surface area contributed by atoms with E-state index in [1.165, 1.54) is 24.3 Å². The fourth-order valence-electron chi connectivity index (χ4n) is 1.35. The largest absolute Gasteiger partial charge is 0.453 e. The van der Waals surface area contributed by atoms with E-state index in [-0.39, 0.29) is 24.2 Å². The van der Waals surface area contributed by atoms with Gasteiger partial charge in [0.05, 0.1) is 16.9 Å². The van der Waals surface area contributed by atoms with Crippen molar-refractivity contribution < 1.29 is 10.2 Å². The summed E-state index contributed by atoms with van der Waals surface area (Å²) in [5.74, 6) is 0.759. The molecule has 2 heteroatoms. The number of benzene rings is 2. The van der Waals surface area contributed by atoms with Gasteiger partial charge >= 0.3 is 0 Å². The van der Waals surface area contributed by atoms with Crippen molar-refractivity contribution in [3.05, 3.63) is 48.4 Å². The van der Waals surface area contributed by atoms with E-state index < -0.39 is 0 Å². The maximum Gasteiger partial charge on any atom is 0.150 e. The smallest absolute Gasteiger partial charge is 0.150 e. The van der Waals surface area contributed by atoms with Gasteiger partial charge in [-0.2, -0.15) is 0 Å². The van der Waals surface area contributed by atoms with E-state index in [2.05, 4.69) is 5.32 Å². The molecule has 1 N–H and O–H groups in total. The van der Waals surface area contributed by atoms with E-state index in [9.17, 15) is 0 Å². The Balaban J connectivity index is 2.18. The van der Waals surface area contributed by atoms with Crippen LogP contribution in [-0.2, 0) is 0 Å². The number of hydrogen-bond donors (Lipinski definition) is 1. The summed E-state index contributed by atoms with van der Waals surface area (Å²) in [6.07, 6.45) is 0. The highest BCUT2D eigenvalue weighted by Crippen LogP contribution is 2.40. The Morgan fingerprint density at radius 2 is 1.57 bits per heavy atom. The third kappa shape index (κ3) is 1.04. The number of nitrogens with one attached hydrogen (secondary N) is 1. The molecule has 2 nitrogen and oxygen atoms in total. The van der Waals surface area contributed by atoms with Gasteiger partial charge < -0.3 is 10.1 Å². The molecule has 0 atom stereocenters. The molecule has 1 aliphatic rings. The summed E-state index contributed by atoms with van der Waals surface area (Å²) < 4.78 is 36.2. The molecule has 14 heavy (non-hydrogen) atoms. The number of ether oxygens (including phenoxy) is 1. The molecule has 1 heterocycles. The number of para-hydroxylation sites is 4. The normalized spacial score (nSPS) is 16.0. The van der Waals surface area contributed by atoms with E-state index in [0.29, 0.717) is 22.9 Å². The van der Waals surface area contributed by atoms with Crippen molar-refractivity contribution in [2.75, 3.05) is 5.32 Å². The Bertz CT molecular complexity index is 602. The summed E-state index contributed by atoms with van der Waals surface area (Å²) in [7, 11) is 0. The lowest BCUT2D eigenvalue weighted by atomic mass is 10.2. The lowest BCUT2D eigenvalue weighted by molar-refractivity contribution is 0.481. The summed E-state index contributed by atoms with van der Waals surface area (Å²) in [5.41, 5.74) is 0.898. The predicted octanol–water partition coefficient (Wildman–Crippen LogP) is 3.54. The molecule has 0 saturated carbocycles. The quantitative estimate of drug-likeness (QED) is 0.581. The highest BCUT2D eigenvalue weighted by atomic mass is 16.5. The Morgan fingerprint density at radius 1 is 1.00 bits per heavy atom. The number of fused-ring (bicyclic) bond motifs is 2. The Kier molecular flexibility index (Phi) is 0.892. The first-order chi connectivity index (χ1) is 8.54. The molecule has 0 aliphatic carbocycles. The van der Waals surface area contributed by atoms with Crippen LogP contribution in [0.25, 0.3) is 0 Å². The molecule has 0 aromatic heterocycles. The Morgan fingerprint density at radius 3 is 2.14 bits per heavy atom. The van der Waals surface area contributed by atoms with Crippen LogP contribution in [0.4, 0.5) is 11.4 Å². The van der Waals surface area contributed by atoms with Crippen molar-refractivity contribution in [1.82, 2.24) is 0 Å².